The molecule has 108 valence electrons. The summed E-state index contributed by atoms with van der Waals surface area (Å²) >= 11 is 0. The fraction of sp³-hybridized carbons (Fsp3) is 0.647. The van der Waals surface area contributed by atoms with E-state index in [9.17, 15) is 4.39 Å². The van der Waals surface area contributed by atoms with Crippen LogP contribution in [-0.4, -0.2) is 12.6 Å². The minimum atomic E-state index is -0.165. The van der Waals surface area contributed by atoms with Crippen LogP contribution in [0.1, 0.15) is 37.7 Å². The molecule has 20 heavy (non-hydrogen) atoms. The Balaban J connectivity index is 1.51. The second-order valence-corrected chi connectivity index (χ2v) is 7.05. The van der Waals surface area contributed by atoms with Crippen LogP contribution in [0.2, 0.25) is 0 Å². The summed E-state index contributed by atoms with van der Waals surface area (Å²) in [6.07, 6.45) is 7.45. The van der Waals surface area contributed by atoms with Crippen LogP contribution in [0.15, 0.2) is 18.2 Å². The van der Waals surface area contributed by atoms with Crippen molar-refractivity contribution in [3.63, 3.8) is 0 Å². The van der Waals surface area contributed by atoms with Crippen molar-refractivity contribution in [3.05, 3.63) is 29.6 Å². The summed E-state index contributed by atoms with van der Waals surface area (Å²) in [6, 6.07) is 4.86. The third kappa shape index (κ3) is 1.86. The summed E-state index contributed by atoms with van der Waals surface area (Å²) in [5.74, 6) is 2.39. The first-order valence-electron chi connectivity index (χ1n) is 7.84. The Morgan fingerprint density at radius 3 is 2.95 bits per heavy atom. The highest BCUT2D eigenvalue weighted by molar-refractivity contribution is 5.38. The summed E-state index contributed by atoms with van der Waals surface area (Å²) in [6.45, 7) is 0.777. The van der Waals surface area contributed by atoms with E-state index in [0.29, 0.717) is 0 Å². The first kappa shape index (κ1) is 12.6. The van der Waals surface area contributed by atoms with Crippen molar-refractivity contribution in [2.24, 2.45) is 23.0 Å². The summed E-state index contributed by atoms with van der Waals surface area (Å²) in [4.78, 5) is 0. The molecule has 1 aliphatic heterocycles. The molecule has 4 atom stereocenters. The summed E-state index contributed by atoms with van der Waals surface area (Å²) in [7, 11) is 0. The molecule has 4 rings (SSSR count). The number of benzene rings is 1. The first-order chi connectivity index (χ1) is 9.68. The van der Waals surface area contributed by atoms with Crippen molar-refractivity contribution in [3.8, 4) is 5.75 Å². The van der Waals surface area contributed by atoms with Crippen LogP contribution in [0, 0.1) is 23.1 Å². The highest BCUT2D eigenvalue weighted by atomic mass is 19.1. The number of halogens is 1. The van der Waals surface area contributed by atoms with Gasteiger partial charge in [-0.1, -0.05) is 6.42 Å². The normalized spacial score (nSPS) is 38.0. The fourth-order valence-electron chi connectivity index (χ4n) is 5.00. The Hall–Kier alpha value is -1.09. The van der Waals surface area contributed by atoms with E-state index in [0.717, 1.165) is 42.5 Å². The number of ether oxygens (including phenoxy) is 1. The molecule has 1 aromatic rings. The van der Waals surface area contributed by atoms with Gasteiger partial charge < -0.3 is 10.5 Å². The van der Waals surface area contributed by atoms with Crippen LogP contribution in [0.4, 0.5) is 4.39 Å². The van der Waals surface area contributed by atoms with Gasteiger partial charge in [-0.15, -0.1) is 0 Å². The van der Waals surface area contributed by atoms with Crippen LogP contribution in [0.5, 0.6) is 5.75 Å². The zero-order valence-corrected chi connectivity index (χ0v) is 11.8. The van der Waals surface area contributed by atoms with Gasteiger partial charge in [-0.05, 0) is 67.7 Å². The van der Waals surface area contributed by atoms with Gasteiger partial charge in [-0.25, -0.2) is 4.39 Å². The van der Waals surface area contributed by atoms with Crippen LogP contribution >= 0.6 is 0 Å². The number of rotatable bonds is 3. The standard InChI is InChI=1S/C17H22FNO/c18-14-3-4-16-12(6-14)7-15(20-16)9-17(10-19)8-11-1-2-13(17)5-11/h3-4,6,11,13,15H,1-2,5,7-10,19H2. The van der Waals surface area contributed by atoms with Gasteiger partial charge in [0, 0.05) is 12.0 Å². The summed E-state index contributed by atoms with van der Waals surface area (Å²) in [5, 5.41) is 0. The molecule has 2 bridgehead atoms. The third-order valence-corrected chi connectivity index (χ3v) is 5.91. The van der Waals surface area contributed by atoms with Crippen molar-refractivity contribution in [1.29, 1.82) is 0 Å². The van der Waals surface area contributed by atoms with Crippen LogP contribution in [0.3, 0.4) is 0 Å². The largest absolute Gasteiger partial charge is 0.490 e. The Morgan fingerprint density at radius 1 is 1.35 bits per heavy atom. The fourth-order valence-corrected chi connectivity index (χ4v) is 5.00. The van der Waals surface area contributed by atoms with E-state index < -0.39 is 0 Å². The minimum absolute atomic E-state index is 0.165. The monoisotopic (exact) mass is 275 g/mol. The lowest BCUT2D eigenvalue weighted by atomic mass is 9.69. The van der Waals surface area contributed by atoms with Crippen molar-refractivity contribution >= 4 is 0 Å². The topological polar surface area (TPSA) is 35.2 Å². The molecule has 2 saturated carbocycles. The van der Waals surface area contributed by atoms with Gasteiger partial charge in [0.25, 0.3) is 0 Å². The van der Waals surface area contributed by atoms with Crippen molar-refractivity contribution in [2.45, 2.75) is 44.6 Å². The zero-order valence-electron chi connectivity index (χ0n) is 11.8. The highest BCUT2D eigenvalue weighted by Gasteiger charge is 2.51. The second-order valence-electron chi connectivity index (χ2n) is 7.05. The van der Waals surface area contributed by atoms with E-state index in [1.54, 1.807) is 12.1 Å². The van der Waals surface area contributed by atoms with Gasteiger partial charge in [0.05, 0.1) is 0 Å². The molecule has 0 saturated heterocycles. The average molecular weight is 275 g/mol. The van der Waals surface area contributed by atoms with Gasteiger partial charge in [0.1, 0.15) is 17.7 Å². The van der Waals surface area contributed by atoms with E-state index in [4.69, 9.17) is 10.5 Å². The van der Waals surface area contributed by atoms with Crippen molar-refractivity contribution in [2.75, 3.05) is 6.54 Å². The Kier molecular flexibility index (Phi) is 2.81. The third-order valence-electron chi connectivity index (χ3n) is 5.91. The molecular formula is C17H22FNO. The first-order valence-corrected chi connectivity index (χ1v) is 7.84. The SMILES string of the molecule is NCC1(CC2Cc3cc(F)ccc3O2)CC2CCC1C2. The predicted octanol–water partition coefficient (Wildman–Crippen LogP) is 3.28. The summed E-state index contributed by atoms with van der Waals surface area (Å²) < 4.78 is 19.3. The lowest BCUT2D eigenvalue weighted by Crippen LogP contribution is -2.40. The maximum atomic E-state index is 13.3. The molecule has 1 heterocycles. The van der Waals surface area contributed by atoms with Crippen molar-refractivity contribution < 1.29 is 9.13 Å². The van der Waals surface area contributed by atoms with E-state index >= 15 is 0 Å². The maximum absolute atomic E-state index is 13.3. The molecule has 2 fully saturated rings. The van der Waals surface area contributed by atoms with Crippen molar-refractivity contribution in [1.82, 2.24) is 0 Å². The number of hydrogen-bond acceptors (Lipinski definition) is 2. The lowest BCUT2D eigenvalue weighted by Gasteiger charge is -2.38. The van der Waals surface area contributed by atoms with E-state index in [2.05, 4.69) is 0 Å². The molecule has 2 aliphatic carbocycles. The van der Waals surface area contributed by atoms with Crippen LogP contribution < -0.4 is 10.5 Å². The molecule has 0 aromatic heterocycles. The molecule has 0 radical (unpaired) electrons. The molecule has 4 unspecified atom stereocenters. The molecule has 3 heteroatoms. The Labute approximate surface area is 119 Å². The van der Waals surface area contributed by atoms with Crippen LogP contribution in [-0.2, 0) is 6.42 Å². The predicted molar refractivity (Wildman–Crippen MR) is 76.1 cm³/mol. The zero-order chi connectivity index (χ0) is 13.7. The maximum Gasteiger partial charge on any atom is 0.123 e. The number of fused-ring (bicyclic) bond motifs is 3. The van der Waals surface area contributed by atoms with Gasteiger partial charge >= 0.3 is 0 Å². The number of nitrogens with two attached hydrogens (primary N) is 1. The summed E-state index contributed by atoms with van der Waals surface area (Å²) in [5.41, 5.74) is 7.45. The molecular weight excluding hydrogens is 253 g/mol. The van der Waals surface area contributed by atoms with Gasteiger partial charge in [0.2, 0.25) is 0 Å². The van der Waals surface area contributed by atoms with Gasteiger partial charge in [-0.2, -0.15) is 0 Å². The number of hydrogen-bond donors (Lipinski definition) is 1. The quantitative estimate of drug-likeness (QED) is 0.918. The molecule has 0 spiro atoms. The smallest absolute Gasteiger partial charge is 0.123 e. The molecule has 3 aliphatic rings. The van der Waals surface area contributed by atoms with Gasteiger partial charge in [-0.3, -0.25) is 0 Å². The second kappa shape index (κ2) is 4.45. The van der Waals surface area contributed by atoms with Gasteiger partial charge in [0.15, 0.2) is 0 Å². The van der Waals surface area contributed by atoms with E-state index in [1.807, 2.05) is 0 Å². The molecule has 2 nitrogen and oxygen atoms in total. The lowest BCUT2D eigenvalue weighted by molar-refractivity contribution is 0.0876. The minimum Gasteiger partial charge on any atom is -0.490 e. The van der Waals surface area contributed by atoms with E-state index in [-0.39, 0.29) is 17.3 Å². The van der Waals surface area contributed by atoms with E-state index in [1.165, 1.54) is 31.7 Å². The molecule has 1 aromatic carbocycles. The highest BCUT2D eigenvalue weighted by Crippen LogP contribution is 2.58. The Bertz CT molecular complexity index is 532. The molecule has 0 amide bonds. The Morgan fingerprint density at radius 2 is 2.25 bits per heavy atom. The van der Waals surface area contributed by atoms with Crippen LogP contribution in [0.25, 0.3) is 0 Å². The molecule has 2 N–H and O–H groups in total. The average Bonchev–Trinajstić information content (AvgIpc) is 3.11.